The number of aromatic nitrogens is 2. The average molecular weight is 302 g/mol. The number of nitrogen functional groups attached to an aromatic ring is 1. The summed E-state index contributed by atoms with van der Waals surface area (Å²) < 4.78 is 5.18. The molecule has 3 rings (SSSR count). The molecule has 0 bridgehead atoms. The number of para-hydroxylation sites is 1. The summed E-state index contributed by atoms with van der Waals surface area (Å²) in [5.41, 5.74) is 7.31. The van der Waals surface area contributed by atoms with Gasteiger partial charge in [-0.1, -0.05) is 35.0 Å². The van der Waals surface area contributed by atoms with Crippen molar-refractivity contribution in [2.75, 3.05) is 5.73 Å². The van der Waals surface area contributed by atoms with Gasteiger partial charge >= 0.3 is 0 Å². The number of anilines is 1. The lowest BCUT2D eigenvalue weighted by Gasteiger charge is -2.01. The maximum Gasteiger partial charge on any atom is 0.261 e. The van der Waals surface area contributed by atoms with Crippen molar-refractivity contribution in [3.63, 3.8) is 0 Å². The second-order valence-corrected chi connectivity index (χ2v) is 5.00. The Labute approximate surface area is 126 Å². The first-order valence-corrected chi connectivity index (χ1v) is 6.66. The van der Waals surface area contributed by atoms with Crippen LogP contribution in [0.5, 0.6) is 5.75 Å². The van der Waals surface area contributed by atoms with Crippen LogP contribution in [0.1, 0.15) is 11.4 Å². The van der Waals surface area contributed by atoms with Gasteiger partial charge < -0.3 is 15.4 Å². The summed E-state index contributed by atoms with van der Waals surface area (Å²) in [4.78, 5) is 4.27. The fourth-order valence-electron chi connectivity index (χ4n) is 2.00. The standard InChI is InChI=1S/C15H12ClN3O2/c16-10-4-1-3-9(7-10)8-13-18-15(21-19-13)11-5-2-6-12(17)14(11)20/h1-7,20H,8,17H2. The molecule has 0 aliphatic rings. The molecule has 5 nitrogen and oxygen atoms in total. The molecule has 0 saturated heterocycles. The van der Waals surface area contributed by atoms with Gasteiger partial charge in [-0.2, -0.15) is 4.98 Å². The van der Waals surface area contributed by atoms with Gasteiger partial charge in [0.2, 0.25) is 0 Å². The number of benzene rings is 2. The Balaban J connectivity index is 1.88. The monoisotopic (exact) mass is 301 g/mol. The molecule has 0 radical (unpaired) electrons. The molecule has 1 heterocycles. The van der Waals surface area contributed by atoms with E-state index in [1.54, 1.807) is 24.3 Å². The van der Waals surface area contributed by atoms with Gasteiger partial charge in [0.1, 0.15) is 0 Å². The Bertz CT molecular complexity index is 786. The minimum absolute atomic E-state index is 0.0598. The molecule has 106 valence electrons. The van der Waals surface area contributed by atoms with Crippen molar-refractivity contribution in [3.8, 4) is 17.2 Å². The van der Waals surface area contributed by atoms with Crippen molar-refractivity contribution < 1.29 is 9.63 Å². The van der Waals surface area contributed by atoms with Crippen LogP contribution in [-0.2, 0) is 6.42 Å². The molecule has 21 heavy (non-hydrogen) atoms. The molecule has 0 fully saturated rings. The van der Waals surface area contributed by atoms with Crippen molar-refractivity contribution in [2.45, 2.75) is 6.42 Å². The van der Waals surface area contributed by atoms with Crippen LogP contribution >= 0.6 is 11.6 Å². The average Bonchev–Trinajstić information content (AvgIpc) is 2.90. The lowest BCUT2D eigenvalue weighted by molar-refractivity contribution is 0.419. The second kappa shape index (κ2) is 5.46. The minimum Gasteiger partial charge on any atom is -0.505 e. The van der Waals surface area contributed by atoms with E-state index >= 15 is 0 Å². The van der Waals surface area contributed by atoms with E-state index in [2.05, 4.69) is 10.1 Å². The van der Waals surface area contributed by atoms with Gasteiger partial charge in [-0.05, 0) is 29.8 Å². The third kappa shape index (κ3) is 2.83. The molecule has 3 aromatic rings. The van der Waals surface area contributed by atoms with E-state index in [0.29, 0.717) is 22.8 Å². The number of nitrogens with zero attached hydrogens (tertiary/aromatic N) is 2. The van der Waals surface area contributed by atoms with E-state index in [1.807, 2.05) is 18.2 Å². The van der Waals surface area contributed by atoms with Crippen LogP contribution in [0.2, 0.25) is 5.02 Å². The number of rotatable bonds is 3. The van der Waals surface area contributed by atoms with Crippen LogP contribution in [0.3, 0.4) is 0 Å². The van der Waals surface area contributed by atoms with E-state index in [0.717, 1.165) is 5.56 Å². The predicted molar refractivity (Wildman–Crippen MR) is 80.1 cm³/mol. The third-order valence-electron chi connectivity index (χ3n) is 3.02. The van der Waals surface area contributed by atoms with Gasteiger partial charge in [0.15, 0.2) is 11.6 Å². The lowest BCUT2D eigenvalue weighted by Crippen LogP contribution is -1.91. The number of aromatic hydroxyl groups is 1. The molecule has 3 N–H and O–H groups in total. The molecular formula is C15H12ClN3O2. The van der Waals surface area contributed by atoms with Crippen LogP contribution in [0.15, 0.2) is 47.0 Å². The Morgan fingerprint density at radius 1 is 1.19 bits per heavy atom. The van der Waals surface area contributed by atoms with E-state index in [1.165, 1.54) is 0 Å². The molecule has 0 aliphatic carbocycles. The van der Waals surface area contributed by atoms with Crippen molar-refractivity contribution in [1.29, 1.82) is 0 Å². The third-order valence-corrected chi connectivity index (χ3v) is 3.25. The van der Waals surface area contributed by atoms with Gasteiger partial charge in [0.25, 0.3) is 5.89 Å². The van der Waals surface area contributed by atoms with Crippen molar-refractivity contribution in [1.82, 2.24) is 10.1 Å². The lowest BCUT2D eigenvalue weighted by atomic mass is 10.1. The minimum atomic E-state index is -0.0598. The number of hydrogen-bond donors (Lipinski definition) is 2. The zero-order valence-corrected chi connectivity index (χ0v) is 11.7. The maximum absolute atomic E-state index is 9.92. The molecule has 0 saturated carbocycles. The van der Waals surface area contributed by atoms with Gasteiger partial charge in [-0.3, -0.25) is 0 Å². The summed E-state index contributed by atoms with van der Waals surface area (Å²) in [7, 11) is 0. The van der Waals surface area contributed by atoms with Crippen LogP contribution < -0.4 is 5.73 Å². The molecule has 0 aliphatic heterocycles. The first-order valence-electron chi connectivity index (χ1n) is 6.28. The topological polar surface area (TPSA) is 85.2 Å². The number of phenols is 1. The smallest absolute Gasteiger partial charge is 0.261 e. The normalized spacial score (nSPS) is 10.7. The Kier molecular flexibility index (Phi) is 3.50. The Hall–Kier alpha value is -2.53. The van der Waals surface area contributed by atoms with Gasteiger partial charge in [-0.25, -0.2) is 0 Å². The molecule has 0 atom stereocenters. The van der Waals surface area contributed by atoms with Crippen LogP contribution in [0.4, 0.5) is 5.69 Å². The molecule has 2 aromatic carbocycles. The highest BCUT2D eigenvalue weighted by Crippen LogP contribution is 2.32. The van der Waals surface area contributed by atoms with Crippen LogP contribution in [0, 0.1) is 0 Å². The highest BCUT2D eigenvalue weighted by Gasteiger charge is 2.14. The van der Waals surface area contributed by atoms with Crippen molar-refractivity contribution in [2.24, 2.45) is 0 Å². The fraction of sp³-hybridized carbons (Fsp3) is 0.0667. The largest absolute Gasteiger partial charge is 0.505 e. The predicted octanol–water partition coefficient (Wildman–Crippen LogP) is 3.27. The number of nitrogens with two attached hydrogens (primary N) is 1. The van der Waals surface area contributed by atoms with E-state index in [4.69, 9.17) is 21.9 Å². The second-order valence-electron chi connectivity index (χ2n) is 4.57. The van der Waals surface area contributed by atoms with Crippen molar-refractivity contribution in [3.05, 3.63) is 58.9 Å². The molecular weight excluding hydrogens is 290 g/mol. The van der Waals surface area contributed by atoms with E-state index in [9.17, 15) is 5.11 Å². The van der Waals surface area contributed by atoms with Crippen molar-refractivity contribution >= 4 is 17.3 Å². The van der Waals surface area contributed by atoms with Gasteiger partial charge in [0.05, 0.1) is 11.3 Å². The summed E-state index contributed by atoms with van der Waals surface area (Å²) in [5, 5.41) is 14.5. The Morgan fingerprint density at radius 3 is 2.81 bits per heavy atom. The zero-order valence-electron chi connectivity index (χ0n) is 11.0. The van der Waals surface area contributed by atoms with E-state index < -0.39 is 0 Å². The summed E-state index contributed by atoms with van der Waals surface area (Å²) in [5.74, 6) is 0.682. The summed E-state index contributed by atoms with van der Waals surface area (Å²) in [6.07, 6.45) is 0.493. The fourth-order valence-corrected chi connectivity index (χ4v) is 2.21. The van der Waals surface area contributed by atoms with E-state index in [-0.39, 0.29) is 17.3 Å². The quantitative estimate of drug-likeness (QED) is 0.573. The molecule has 0 spiro atoms. The number of halogens is 1. The molecule has 0 amide bonds. The number of hydrogen-bond acceptors (Lipinski definition) is 5. The van der Waals surface area contributed by atoms with Crippen LogP contribution in [-0.4, -0.2) is 15.2 Å². The zero-order chi connectivity index (χ0) is 14.8. The molecule has 0 unspecified atom stereocenters. The Morgan fingerprint density at radius 2 is 2.00 bits per heavy atom. The first-order chi connectivity index (χ1) is 10.1. The summed E-state index contributed by atoms with van der Waals surface area (Å²) in [6, 6.07) is 12.4. The highest BCUT2D eigenvalue weighted by atomic mass is 35.5. The molecule has 1 aromatic heterocycles. The highest BCUT2D eigenvalue weighted by molar-refractivity contribution is 6.30. The SMILES string of the molecule is Nc1cccc(-c2nc(Cc3cccc(Cl)c3)no2)c1O. The molecule has 6 heteroatoms. The maximum atomic E-state index is 9.92. The summed E-state index contributed by atoms with van der Waals surface area (Å²) >= 11 is 5.94. The van der Waals surface area contributed by atoms with Gasteiger partial charge in [0, 0.05) is 11.4 Å². The van der Waals surface area contributed by atoms with Gasteiger partial charge in [-0.15, -0.1) is 0 Å². The first kappa shape index (κ1) is 13.5. The summed E-state index contributed by atoms with van der Waals surface area (Å²) in [6.45, 7) is 0. The van der Waals surface area contributed by atoms with Crippen LogP contribution in [0.25, 0.3) is 11.5 Å². The number of phenolic OH excluding ortho intramolecular Hbond substituents is 1.